The van der Waals surface area contributed by atoms with E-state index < -0.39 is 11.4 Å². The minimum atomic E-state index is -1.31. The van der Waals surface area contributed by atoms with Crippen LogP contribution in [0.5, 0.6) is 0 Å². The van der Waals surface area contributed by atoms with Crippen molar-refractivity contribution in [2.24, 2.45) is 5.41 Å². The van der Waals surface area contributed by atoms with Crippen molar-refractivity contribution in [3.05, 3.63) is 12.2 Å². The average Bonchev–Trinajstić information content (AvgIpc) is 2.80. The molecule has 0 spiro atoms. The molecular formula is C13H19N3O3. The first-order valence-corrected chi connectivity index (χ1v) is 6.62. The lowest BCUT2D eigenvalue weighted by atomic mass is 9.70. The molecule has 1 N–H and O–H groups in total. The summed E-state index contributed by atoms with van der Waals surface area (Å²) in [6, 6.07) is 0.0991. The Morgan fingerprint density at radius 3 is 2.84 bits per heavy atom. The van der Waals surface area contributed by atoms with Crippen molar-refractivity contribution in [3.63, 3.8) is 0 Å². The number of hydrogen-bond donors (Lipinski definition) is 1. The number of aliphatic carboxylic acids is 1. The summed E-state index contributed by atoms with van der Waals surface area (Å²) in [7, 11) is 0. The second kappa shape index (κ2) is 5.11. The molecule has 0 aromatic carbocycles. The lowest BCUT2D eigenvalue weighted by Gasteiger charge is -2.31. The number of nitrogens with zero attached hydrogens (tertiary/aromatic N) is 3. The van der Waals surface area contributed by atoms with Crippen molar-refractivity contribution in [3.8, 4) is 0 Å². The molecule has 6 heteroatoms. The lowest BCUT2D eigenvalue weighted by molar-refractivity contribution is -0.157. The summed E-state index contributed by atoms with van der Waals surface area (Å²) in [6.45, 7) is 3.91. The third kappa shape index (κ3) is 2.39. The monoisotopic (exact) mass is 265 g/mol. The zero-order valence-corrected chi connectivity index (χ0v) is 11.3. The van der Waals surface area contributed by atoms with Gasteiger partial charge in [-0.05, 0) is 26.7 Å². The molecule has 1 atom stereocenters. The molecule has 1 unspecified atom stereocenters. The van der Waals surface area contributed by atoms with E-state index in [1.54, 1.807) is 4.68 Å². The molecule has 6 nitrogen and oxygen atoms in total. The van der Waals surface area contributed by atoms with Gasteiger partial charge in [-0.1, -0.05) is 6.42 Å². The Labute approximate surface area is 111 Å². The fraction of sp³-hybridized carbons (Fsp3) is 0.692. The second-order valence-electron chi connectivity index (χ2n) is 5.41. The molecule has 1 heterocycles. The summed E-state index contributed by atoms with van der Waals surface area (Å²) in [6.07, 6.45) is 3.85. The first-order chi connectivity index (χ1) is 8.97. The molecule has 0 radical (unpaired) electrons. The highest BCUT2D eigenvalue weighted by Crippen LogP contribution is 2.36. The molecule has 0 aliphatic heterocycles. The smallest absolute Gasteiger partial charge is 0.317 e. The maximum Gasteiger partial charge on any atom is 0.317 e. The zero-order chi connectivity index (χ0) is 14.0. The molecule has 2 rings (SSSR count). The lowest BCUT2D eigenvalue weighted by Crippen LogP contribution is -2.44. The normalized spacial score (nSPS) is 23.8. The van der Waals surface area contributed by atoms with Crippen LogP contribution in [0.3, 0.4) is 0 Å². The number of Topliss-reactive ketones (excluding diaryl/α,β-unsaturated/α-hetero) is 1. The van der Waals surface area contributed by atoms with Crippen LogP contribution in [-0.4, -0.2) is 31.6 Å². The van der Waals surface area contributed by atoms with E-state index in [1.807, 2.05) is 13.8 Å². The molecule has 1 aromatic rings. The SMILES string of the molecule is CC(C)n1ncnc1CC1(C(=O)O)CCCCC1=O. The Balaban J connectivity index is 2.33. The van der Waals surface area contributed by atoms with Crippen LogP contribution in [-0.2, 0) is 16.0 Å². The summed E-state index contributed by atoms with van der Waals surface area (Å²) >= 11 is 0. The number of hydrogen-bond acceptors (Lipinski definition) is 4. The highest BCUT2D eigenvalue weighted by molar-refractivity contribution is 6.03. The number of ketones is 1. The number of carboxylic acid groups (broad SMARTS) is 1. The minimum absolute atomic E-state index is 0.0991. The van der Waals surface area contributed by atoms with Crippen LogP contribution >= 0.6 is 0 Å². The maximum absolute atomic E-state index is 12.1. The van der Waals surface area contributed by atoms with Crippen molar-refractivity contribution in [1.29, 1.82) is 0 Å². The van der Waals surface area contributed by atoms with Crippen molar-refractivity contribution in [1.82, 2.24) is 14.8 Å². The van der Waals surface area contributed by atoms with Gasteiger partial charge in [-0.2, -0.15) is 5.10 Å². The Morgan fingerprint density at radius 2 is 2.26 bits per heavy atom. The highest BCUT2D eigenvalue weighted by Gasteiger charge is 2.47. The first kappa shape index (κ1) is 13.7. The fourth-order valence-corrected chi connectivity index (χ4v) is 2.68. The number of carbonyl (C=O) groups excluding carboxylic acids is 1. The van der Waals surface area contributed by atoms with E-state index in [1.165, 1.54) is 6.33 Å². The largest absolute Gasteiger partial charge is 0.480 e. The molecule has 1 aromatic heterocycles. The Kier molecular flexibility index (Phi) is 3.68. The van der Waals surface area contributed by atoms with E-state index in [-0.39, 0.29) is 18.2 Å². The van der Waals surface area contributed by atoms with Gasteiger partial charge in [-0.3, -0.25) is 9.59 Å². The topological polar surface area (TPSA) is 85.1 Å². The van der Waals surface area contributed by atoms with Crippen LogP contribution in [0.25, 0.3) is 0 Å². The number of carboxylic acids is 1. The van der Waals surface area contributed by atoms with Crippen LogP contribution in [0.1, 0.15) is 51.4 Å². The van der Waals surface area contributed by atoms with Crippen molar-refractivity contribution < 1.29 is 14.7 Å². The molecule has 1 fully saturated rings. The predicted molar refractivity (Wildman–Crippen MR) is 67.7 cm³/mol. The molecule has 19 heavy (non-hydrogen) atoms. The average molecular weight is 265 g/mol. The van der Waals surface area contributed by atoms with Crippen molar-refractivity contribution in [2.75, 3.05) is 0 Å². The highest BCUT2D eigenvalue weighted by atomic mass is 16.4. The predicted octanol–water partition coefficient (Wildman–Crippen LogP) is 1.62. The van der Waals surface area contributed by atoms with Crippen molar-refractivity contribution in [2.45, 2.75) is 52.0 Å². The Hall–Kier alpha value is -1.72. The standard InChI is InChI=1S/C13H19N3O3/c1-9(2)16-11(14-8-15-16)7-13(12(18)19)6-4-3-5-10(13)17/h8-9H,3-7H2,1-2H3,(H,18,19). The van der Waals surface area contributed by atoms with Crippen LogP contribution in [0.15, 0.2) is 6.33 Å². The summed E-state index contributed by atoms with van der Waals surface area (Å²) < 4.78 is 1.69. The fourth-order valence-electron chi connectivity index (χ4n) is 2.68. The Bertz CT molecular complexity index is 495. The van der Waals surface area contributed by atoms with Crippen LogP contribution in [0, 0.1) is 5.41 Å². The van der Waals surface area contributed by atoms with E-state index in [0.717, 1.165) is 12.8 Å². The molecule has 1 aliphatic rings. The summed E-state index contributed by atoms with van der Waals surface area (Å²) in [4.78, 5) is 27.9. The van der Waals surface area contributed by atoms with Gasteiger partial charge in [0.1, 0.15) is 17.6 Å². The van der Waals surface area contributed by atoms with Gasteiger partial charge in [-0.15, -0.1) is 0 Å². The van der Waals surface area contributed by atoms with Gasteiger partial charge in [0.15, 0.2) is 5.78 Å². The van der Waals surface area contributed by atoms with E-state index >= 15 is 0 Å². The molecule has 1 saturated carbocycles. The van der Waals surface area contributed by atoms with Crippen LogP contribution in [0.2, 0.25) is 0 Å². The Morgan fingerprint density at radius 1 is 1.53 bits per heavy atom. The zero-order valence-electron chi connectivity index (χ0n) is 11.3. The number of aromatic nitrogens is 3. The molecule has 104 valence electrons. The van der Waals surface area contributed by atoms with E-state index in [2.05, 4.69) is 10.1 Å². The van der Waals surface area contributed by atoms with Crippen LogP contribution < -0.4 is 0 Å². The van der Waals surface area contributed by atoms with E-state index in [4.69, 9.17) is 0 Å². The first-order valence-electron chi connectivity index (χ1n) is 6.62. The van der Waals surface area contributed by atoms with E-state index in [9.17, 15) is 14.7 Å². The van der Waals surface area contributed by atoms with Crippen molar-refractivity contribution >= 4 is 11.8 Å². The van der Waals surface area contributed by atoms with Gasteiger partial charge in [0.2, 0.25) is 0 Å². The quantitative estimate of drug-likeness (QED) is 0.836. The van der Waals surface area contributed by atoms with Gasteiger partial charge in [-0.25, -0.2) is 9.67 Å². The van der Waals surface area contributed by atoms with Gasteiger partial charge in [0, 0.05) is 18.9 Å². The minimum Gasteiger partial charge on any atom is -0.480 e. The molecule has 0 saturated heterocycles. The molecule has 1 aliphatic carbocycles. The number of rotatable bonds is 4. The molecule has 0 bridgehead atoms. The van der Waals surface area contributed by atoms with Gasteiger partial charge in [0.25, 0.3) is 0 Å². The van der Waals surface area contributed by atoms with Gasteiger partial charge < -0.3 is 5.11 Å². The molecular weight excluding hydrogens is 246 g/mol. The second-order valence-corrected chi connectivity index (χ2v) is 5.41. The number of carbonyl (C=O) groups is 2. The van der Waals surface area contributed by atoms with Crippen LogP contribution in [0.4, 0.5) is 0 Å². The maximum atomic E-state index is 12.1. The molecule has 0 amide bonds. The summed E-state index contributed by atoms with van der Waals surface area (Å²) in [5.41, 5.74) is -1.31. The van der Waals surface area contributed by atoms with E-state index in [0.29, 0.717) is 18.7 Å². The van der Waals surface area contributed by atoms with Gasteiger partial charge in [0.05, 0.1) is 0 Å². The summed E-state index contributed by atoms with van der Waals surface area (Å²) in [5, 5.41) is 13.6. The van der Waals surface area contributed by atoms with Gasteiger partial charge >= 0.3 is 5.97 Å². The third-order valence-electron chi connectivity index (χ3n) is 3.80. The third-order valence-corrected chi connectivity index (χ3v) is 3.80. The summed E-state index contributed by atoms with van der Waals surface area (Å²) in [5.74, 6) is -0.632.